The second kappa shape index (κ2) is 7.25. The van der Waals surface area contributed by atoms with E-state index in [-0.39, 0.29) is 11.8 Å². The monoisotopic (exact) mass is 288 g/mol. The van der Waals surface area contributed by atoms with Crippen LogP contribution in [0, 0.1) is 6.92 Å². The Balaban J connectivity index is 2.13. The maximum atomic E-state index is 12.1. The SMILES string of the molecule is CCCCC(=O)Nc1ccc(C)c(N2CCCCC2=O)c1. The summed E-state index contributed by atoms with van der Waals surface area (Å²) in [6.07, 6.45) is 5.08. The van der Waals surface area contributed by atoms with Crippen molar-refractivity contribution in [2.45, 2.75) is 52.4 Å². The van der Waals surface area contributed by atoms with Crippen molar-refractivity contribution >= 4 is 23.2 Å². The third-order valence-electron chi connectivity index (χ3n) is 3.86. The summed E-state index contributed by atoms with van der Waals surface area (Å²) >= 11 is 0. The average Bonchev–Trinajstić information content (AvgIpc) is 2.48. The summed E-state index contributed by atoms with van der Waals surface area (Å²) in [4.78, 5) is 25.7. The fourth-order valence-electron chi connectivity index (χ4n) is 2.60. The number of piperidine rings is 1. The van der Waals surface area contributed by atoms with Gasteiger partial charge >= 0.3 is 0 Å². The summed E-state index contributed by atoms with van der Waals surface area (Å²) in [6.45, 7) is 4.84. The van der Waals surface area contributed by atoms with Crippen LogP contribution in [0.25, 0.3) is 0 Å². The molecule has 0 aromatic heterocycles. The fourth-order valence-corrected chi connectivity index (χ4v) is 2.60. The van der Waals surface area contributed by atoms with Gasteiger partial charge in [-0.25, -0.2) is 0 Å². The minimum atomic E-state index is 0.0385. The highest BCUT2D eigenvalue weighted by atomic mass is 16.2. The molecule has 21 heavy (non-hydrogen) atoms. The quantitative estimate of drug-likeness (QED) is 0.899. The molecule has 0 atom stereocenters. The summed E-state index contributed by atoms with van der Waals surface area (Å²) in [5.41, 5.74) is 2.76. The molecule has 0 unspecified atom stereocenters. The van der Waals surface area contributed by atoms with Crippen LogP contribution in [-0.4, -0.2) is 18.4 Å². The van der Waals surface area contributed by atoms with Crippen LogP contribution >= 0.6 is 0 Å². The Morgan fingerprint density at radius 3 is 2.86 bits per heavy atom. The van der Waals surface area contributed by atoms with Gasteiger partial charge in [0.15, 0.2) is 0 Å². The zero-order chi connectivity index (χ0) is 15.2. The molecule has 0 aliphatic carbocycles. The van der Waals surface area contributed by atoms with Crippen LogP contribution in [0.15, 0.2) is 18.2 Å². The summed E-state index contributed by atoms with van der Waals surface area (Å²) in [6, 6.07) is 5.78. The molecule has 0 saturated carbocycles. The lowest BCUT2D eigenvalue weighted by atomic mass is 10.1. The van der Waals surface area contributed by atoms with Gasteiger partial charge in [0.05, 0.1) is 0 Å². The Kier molecular flexibility index (Phi) is 5.37. The third-order valence-corrected chi connectivity index (χ3v) is 3.86. The van der Waals surface area contributed by atoms with Crippen molar-refractivity contribution in [3.8, 4) is 0 Å². The normalized spacial score (nSPS) is 15.1. The number of carbonyl (C=O) groups excluding carboxylic acids is 2. The molecule has 1 N–H and O–H groups in total. The van der Waals surface area contributed by atoms with E-state index in [4.69, 9.17) is 0 Å². The first kappa shape index (κ1) is 15.5. The van der Waals surface area contributed by atoms with Crippen molar-refractivity contribution in [2.75, 3.05) is 16.8 Å². The van der Waals surface area contributed by atoms with Crippen LogP contribution in [-0.2, 0) is 9.59 Å². The maximum absolute atomic E-state index is 12.1. The second-order valence-electron chi connectivity index (χ2n) is 5.66. The maximum Gasteiger partial charge on any atom is 0.226 e. The average molecular weight is 288 g/mol. The van der Waals surface area contributed by atoms with E-state index in [1.54, 1.807) is 0 Å². The lowest BCUT2D eigenvalue weighted by molar-refractivity contribution is -0.119. The fraction of sp³-hybridized carbons (Fsp3) is 0.529. The van der Waals surface area contributed by atoms with Crippen molar-refractivity contribution < 1.29 is 9.59 Å². The predicted molar refractivity (Wildman–Crippen MR) is 85.5 cm³/mol. The van der Waals surface area contributed by atoms with Gasteiger partial charge in [0.1, 0.15) is 0 Å². The summed E-state index contributed by atoms with van der Waals surface area (Å²) in [5.74, 6) is 0.218. The van der Waals surface area contributed by atoms with E-state index >= 15 is 0 Å². The van der Waals surface area contributed by atoms with Gasteiger partial charge in [0, 0.05) is 30.8 Å². The molecule has 4 nitrogen and oxygen atoms in total. The zero-order valence-corrected chi connectivity index (χ0v) is 12.9. The van der Waals surface area contributed by atoms with Gasteiger partial charge < -0.3 is 10.2 Å². The predicted octanol–water partition coefficient (Wildman–Crippen LogP) is 3.64. The minimum absolute atomic E-state index is 0.0385. The molecule has 1 aliphatic heterocycles. The molecule has 0 radical (unpaired) electrons. The molecule has 1 fully saturated rings. The molecule has 2 amide bonds. The molecule has 1 aliphatic rings. The largest absolute Gasteiger partial charge is 0.326 e. The van der Waals surface area contributed by atoms with E-state index in [0.717, 1.165) is 49.2 Å². The van der Waals surface area contributed by atoms with Gasteiger partial charge in [-0.3, -0.25) is 9.59 Å². The number of nitrogens with one attached hydrogen (secondary N) is 1. The lowest BCUT2D eigenvalue weighted by Gasteiger charge is -2.28. The van der Waals surface area contributed by atoms with Crippen molar-refractivity contribution in [3.05, 3.63) is 23.8 Å². The minimum Gasteiger partial charge on any atom is -0.326 e. The number of nitrogens with zero attached hydrogens (tertiary/aromatic N) is 1. The van der Waals surface area contributed by atoms with E-state index in [0.29, 0.717) is 12.8 Å². The molecule has 1 aromatic rings. The number of rotatable bonds is 5. The van der Waals surface area contributed by atoms with E-state index in [1.165, 1.54) is 0 Å². The van der Waals surface area contributed by atoms with Crippen molar-refractivity contribution in [2.24, 2.45) is 0 Å². The zero-order valence-electron chi connectivity index (χ0n) is 12.9. The molecule has 1 saturated heterocycles. The van der Waals surface area contributed by atoms with Crippen LogP contribution in [0.5, 0.6) is 0 Å². The smallest absolute Gasteiger partial charge is 0.226 e. The molecule has 1 aromatic carbocycles. The first-order valence-corrected chi connectivity index (χ1v) is 7.82. The number of hydrogen-bond acceptors (Lipinski definition) is 2. The Morgan fingerprint density at radius 1 is 1.33 bits per heavy atom. The van der Waals surface area contributed by atoms with Crippen LogP contribution in [0.3, 0.4) is 0 Å². The molecule has 0 bridgehead atoms. The number of amides is 2. The van der Waals surface area contributed by atoms with Gasteiger partial charge in [-0.2, -0.15) is 0 Å². The van der Waals surface area contributed by atoms with Gasteiger partial charge in [-0.1, -0.05) is 19.4 Å². The Bertz CT molecular complexity index is 526. The van der Waals surface area contributed by atoms with Crippen molar-refractivity contribution in [1.82, 2.24) is 0 Å². The molecule has 2 rings (SSSR count). The van der Waals surface area contributed by atoms with E-state index in [9.17, 15) is 9.59 Å². The highest BCUT2D eigenvalue weighted by Crippen LogP contribution is 2.27. The molecule has 4 heteroatoms. The first-order chi connectivity index (χ1) is 10.1. The van der Waals surface area contributed by atoms with Gasteiger partial charge in [-0.15, -0.1) is 0 Å². The summed E-state index contributed by atoms with van der Waals surface area (Å²) in [7, 11) is 0. The van der Waals surface area contributed by atoms with Crippen LogP contribution in [0.4, 0.5) is 11.4 Å². The molecule has 1 heterocycles. The topological polar surface area (TPSA) is 49.4 Å². The van der Waals surface area contributed by atoms with Crippen LogP contribution < -0.4 is 10.2 Å². The Morgan fingerprint density at radius 2 is 2.14 bits per heavy atom. The van der Waals surface area contributed by atoms with E-state index in [1.807, 2.05) is 30.0 Å². The number of benzene rings is 1. The Hall–Kier alpha value is -1.84. The van der Waals surface area contributed by atoms with Gasteiger partial charge in [0.25, 0.3) is 0 Å². The summed E-state index contributed by atoms with van der Waals surface area (Å²) < 4.78 is 0. The number of anilines is 2. The standard InChI is InChI=1S/C17H24N2O2/c1-3-4-7-16(20)18-14-10-9-13(2)15(12-14)19-11-6-5-8-17(19)21/h9-10,12H,3-8,11H2,1-2H3,(H,18,20). The molecule has 114 valence electrons. The highest BCUT2D eigenvalue weighted by Gasteiger charge is 2.21. The van der Waals surface area contributed by atoms with Crippen molar-refractivity contribution in [1.29, 1.82) is 0 Å². The van der Waals surface area contributed by atoms with Gasteiger partial charge in [0.2, 0.25) is 11.8 Å². The number of unbranched alkanes of at least 4 members (excludes halogenated alkanes) is 1. The number of hydrogen-bond donors (Lipinski definition) is 1. The number of aryl methyl sites for hydroxylation is 1. The van der Waals surface area contributed by atoms with E-state index in [2.05, 4.69) is 12.2 Å². The van der Waals surface area contributed by atoms with Crippen LogP contribution in [0.2, 0.25) is 0 Å². The second-order valence-corrected chi connectivity index (χ2v) is 5.66. The Labute approximate surface area is 126 Å². The first-order valence-electron chi connectivity index (χ1n) is 7.82. The van der Waals surface area contributed by atoms with Crippen LogP contribution in [0.1, 0.15) is 51.0 Å². The molecular formula is C17H24N2O2. The third kappa shape index (κ3) is 4.06. The lowest BCUT2D eigenvalue weighted by Crippen LogP contribution is -2.35. The van der Waals surface area contributed by atoms with Crippen molar-refractivity contribution in [3.63, 3.8) is 0 Å². The molecular weight excluding hydrogens is 264 g/mol. The molecule has 0 spiro atoms. The highest BCUT2D eigenvalue weighted by molar-refractivity contribution is 5.96. The number of carbonyl (C=O) groups is 2. The van der Waals surface area contributed by atoms with E-state index < -0.39 is 0 Å². The van der Waals surface area contributed by atoms with Gasteiger partial charge in [-0.05, 0) is 43.9 Å². The summed E-state index contributed by atoms with van der Waals surface area (Å²) in [5, 5.41) is 2.92.